The molecule has 0 aliphatic rings. The number of imidazole rings is 1. The van der Waals surface area contributed by atoms with Gasteiger partial charge in [0.15, 0.2) is 0 Å². The van der Waals surface area contributed by atoms with Gasteiger partial charge in [0.2, 0.25) is 0 Å². The maximum Gasteiger partial charge on any atom is 0.110 e. The number of nitrogens with one attached hydrogen (secondary N) is 1. The third-order valence-corrected chi connectivity index (χ3v) is 2.51. The predicted octanol–water partition coefficient (Wildman–Crippen LogP) is 1.32. The lowest BCUT2D eigenvalue weighted by Crippen LogP contribution is -2.32. The Kier molecular flexibility index (Phi) is 4.78. The summed E-state index contributed by atoms with van der Waals surface area (Å²) in [6.45, 7) is 7.90. The smallest absolute Gasteiger partial charge is 0.110 e. The van der Waals surface area contributed by atoms with Gasteiger partial charge >= 0.3 is 0 Å². The van der Waals surface area contributed by atoms with Gasteiger partial charge in [0.1, 0.15) is 6.10 Å². The predicted molar refractivity (Wildman–Crippen MR) is 60.6 cm³/mol. The van der Waals surface area contributed by atoms with Gasteiger partial charge in [0, 0.05) is 12.6 Å². The van der Waals surface area contributed by atoms with Gasteiger partial charge in [-0.25, -0.2) is 4.98 Å². The molecule has 1 heterocycles. The van der Waals surface area contributed by atoms with Crippen LogP contribution in [0.1, 0.15) is 39.0 Å². The highest BCUT2D eigenvalue weighted by Gasteiger charge is 2.18. The largest absolute Gasteiger partial charge is 0.385 e. The van der Waals surface area contributed by atoms with Crippen LogP contribution in [-0.2, 0) is 6.54 Å². The van der Waals surface area contributed by atoms with Crippen LogP contribution in [0.15, 0.2) is 12.5 Å². The van der Waals surface area contributed by atoms with E-state index in [-0.39, 0.29) is 6.04 Å². The standard InChI is InChI=1S/C11H21N3O/c1-4-6-14-8-12-7-10(14)11(15)9(3)13-5-2/h7-9,11,13,15H,4-6H2,1-3H3. The molecule has 0 fully saturated rings. The number of aliphatic hydroxyl groups excluding tert-OH is 1. The second-order valence-electron chi connectivity index (χ2n) is 3.80. The quantitative estimate of drug-likeness (QED) is 0.746. The molecule has 4 nitrogen and oxygen atoms in total. The Bertz CT molecular complexity index is 285. The number of likely N-dealkylation sites (N-methyl/N-ethyl adjacent to an activating group) is 1. The number of aliphatic hydroxyl groups is 1. The summed E-state index contributed by atoms with van der Waals surface area (Å²) in [5, 5.41) is 13.3. The molecule has 0 aliphatic heterocycles. The Balaban J connectivity index is 2.71. The van der Waals surface area contributed by atoms with Crippen molar-refractivity contribution >= 4 is 0 Å². The van der Waals surface area contributed by atoms with Gasteiger partial charge in [-0.3, -0.25) is 0 Å². The second kappa shape index (κ2) is 5.88. The topological polar surface area (TPSA) is 50.1 Å². The average molecular weight is 211 g/mol. The lowest BCUT2D eigenvalue weighted by Gasteiger charge is -2.20. The van der Waals surface area contributed by atoms with Gasteiger partial charge in [0.25, 0.3) is 0 Å². The molecule has 0 spiro atoms. The van der Waals surface area contributed by atoms with Crippen LogP contribution in [-0.4, -0.2) is 27.2 Å². The summed E-state index contributed by atoms with van der Waals surface area (Å²) in [4.78, 5) is 4.08. The zero-order chi connectivity index (χ0) is 11.3. The van der Waals surface area contributed by atoms with Gasteiger partial charge in [0.05, 0.1) is 18.2 Å². The van der Waals surface area contributed by atoms with Crippen LogP contribution in [0.2, 0.25) is 0 Å². The highest BCUT2D eigenvalue weighted by molar-refractivity contribution is 5.05. The highest BCUT2D eigenvalue weighted by Crippen LogP contribution is 2.16. The minimum Gasteiger partial charge on any atom is -0.385 e. The van der Waals surface area contributed by atoms with Crippen LogP contribution in [0.25, 0.3) is 0 Å². The first-order valence-electron chi connectivity index (χ1n) is 5.62. The molecular formula is C11H21N3O. The SMILES string of the molecule is CCCn1cncc1C(O)C(C)NCC. The summed E-state index contributed by atoms with van der Waals surface area (Å²) < 4.78 is 2.01. The number of rotatable bonds is 6. The van der Waals surface area contributed by atoms with Crippen molar-refractivity contribution in [2.45, 2.75) is 45.9 Å². The number of aromatic nitrogens is 2. The van der Waals surface area contributed by atoms with E-state index in [4.69, 9.17) is 0 Å². The van der Waals surface area contributed by atoms with E-state index >= 15 is 0 Å². The monoisotopic (exact) mass is 211 g/mol. The van der Waals surface area contributed by atoms with Crippen molar-refractivity contribution in [1.29, 1.82) is 0 Å². The van der Waals surface area contributed by atoms with E-state index < -0.39 is 6.10 Å². The summed E-state index contributed by atoms with van der Waals surface area (Å²) >= 11 is 0. The van der Waals surface area contributed by atoms with Crippen molar-refractivity contribution in [3.8, 4) is 0 Å². The van der Waals surface area contributed by atoms with Gasteiger partial charge in [-0.2, -0.15) is 0 Å². The molecule has 1 aromatic rings. The molecular weight excluding hydrogens is 190 g/mol. The van der Waals surface area contributed by atoms with Crippen molar-refractivity contribution in [2.75, 3.05) is 6.54 Å². The van der Waals surface area contributed by atoms with Crippen molar-refractivity contribution in [1.82, 2.24) is 14.9 Å². The molecule has 1 aromatic heterocycles. The fourth-order valence-electron chi connectivity index (χ4n) is 1.69. The third-order valence-electron chi connectivity index (χ3n) is 2.51. The maximum absolute atomic E-state index is 10.1. The summed E-state index contributed by atoms with van der Waals surface area (Å²) in [7, 11) is 0. The zero-order valence-electron chi connectivity index (χ0n) is 9.77. The molecule has 0 saturated carbocycles. The van der Waals surface area contributed by atoms with E-state index in [1.165, 1.54) is 0 Å². The molecule has 2 unspecified atom stereocenters. The van der Waals surface area contributed by atoms with Crippen molar-refractivity contribution in [3.63, 3.8) is 0 Å². The number of nitrogens with zero attached hydrogens (tertiary/aromatic N) is 2. The normalized spacial score (nSPS) is 15.2. The van der Waals surface area contributed by atoms with E-state index in [9.17, 15) is 5.11 Å². The van der Waals surface area contributed by atoms with Gasteiger partial charge in [-0.05, 0) is 19.9 Å². The van der Waals surface area contributed by atoms with Crippen LogP contribution in [0.4, 0.5) is 0 Å². The first-order chi connectivity index (χ1) is 7.20. The van der Waals surface area contributed by atoms with Crippen LogP contribution < -0.4 is 5.32 Å². The minimum absolute atomic E-state index is 0.0577. The molecule has 0 aliphatic carbocycles. The Morgan fingerprint density at radius 2 is 2.27 bits per heavy atom. The molecule has 0 saturated heterocycles. The zero-order valence-corrected chi connectivity index (χ0v) is 9.77. The maximum atomic E-state index is 10.1. The molecule has 15 heavy (non-hydrogen) atoms. The molecule has 4 heteroatoms. The summed E-state index contributed by atoms with van der Waals surface area (Å²) in [6.07, 6.45) is 4.08. The number of hydrogen-bond donors (Lipinski definition) is 2. The van der Waals surface area contributed by atoms with Crippen molar-refractivity contribution < 1.29 is 5.11 Å². The fraction of sp³-hybridized carbons (Fsp3) is 0.727. The van der Waals surface area contributed by atoms with Gasteiger partial charge < -0.3 is 15.0 Å². The molecule has 0 radical (unpaired) electrons. The van der Waals surface area contributed by atoms with E-state index in [1.54, 1.807) is 12.5 Å². The average Bonchev–Trinajstić information content (AvgIpc) is 2.66. The Labute approximate surface area is 91.3 Å². The van der Waals surface area contributed by atoms with Crippen LogP contribution in [0.5, 0.6) is 0 Å². The van der Waals surface area contributed by atoms with E-state index in [2.05, 4.69) is 17.2 Å². The van der Waals surface area contributed by atoms with Crippen LogP contribution >= 0.6 is 0 Å². The minimum atomic E-state index is -0.487. The Hall–Kier alpha value is -0.870. The molecule has 2 N–H and O–H groups in total. The second-order valence-corrected chi connectivity index (χ2v) is 3.80. The first kappa shape index (κ1) is 12.2. The third kappa shape index (κ3) is 3.04. The Morgan fingerprint density at radius 1 is 1.53 bits per heavy atom. The molecule has 0 amide bonds. The van der Waals surface area contributed by atoms with E-state index in [0.717, 1.165) is 25.2 Å². The molecule has 1 rings (SSSR count). The van der Waals surface area contributed by atoms with Crippen molar-refractivity contribution in [3.05, 3.63) is 18.2 Å². The Morgan fingerprint density at radius 3 is 2.87 bits per heavy atom. The summed E-state index contributed by atoms with van der Waals surface area (Å²) in [6, 6.07) is 0.0577. The van der Waals surface area contributed by atoms with E-state index in [0.29, 0.717) is 0 Å². The van der Waals surface area contributed by atoms with E-state index in [1.807, 2.05) is 18.4 Å². The number of aryl methyl sites for hydroxylation is 1. The van der Waals surface area contributed by atoms with Gasteiger partial charge in [-0.15, -0.1) is 0 Å². The number of hydrogen-bond acceptors (Lipinski definition) is 3. The molecule has 0 aromatic carbocycles. The lowest BCUT2D eigenvalue weighted by molar-refractivity contribution is 0.128. The summed E-state index contributed by atoms with van der Waals surface area (Å²) in [5.41, 5.74) is 0.894. The molecule has 86 valence electrons. The van der Waals surface area contributed by atoms with Crippen LogP contribution in [0.3, 0.4) is 0 Å². The molecule has 0 bridgehead atoms. The fourth-order valence-corrected chi connectivity index (χ4v) is 1.69. The molecule has 2 atom stereocenters. The summed E-state index contributed by atoms with van der Waals surface area (Å²) in [5.74, 6) is 0. The van der Waals surface area contributed by atoms with Crippen molar-refractivity contribution in [2.24, 2.45) is 0 Å². The van der Waals surface area contributed by atoms with Gasteiger partial charge in [-0.1, -0.05) is 13.8 Å². The highest BCUT2D eigenvalue weighted by atomic mass is 16.3. The first-order valence-corrected chi connectivity index (χ1v) is 5.62. The lowest BCUT2D eigenvalue weighted by atomic mass is 10.1. The van der Waals surface area contributed by atoms with Crippen LogP contribution in [0, 0.1) is 0 Å².